The van der Waals surface area contributed by atoms with Gasteiger partial charge in [0, 0.05) is 10.8 Å². The van der Waals surface area contributed by atoms with E-state index in [0.717, 1.165) is 4.57 Å². The monoisotopic (exact) mass is 388 g/mol. The molecule has 0 aromatic carbocycles. The number of aliphatic hydroxyl groups excluding tert-OH is 1. The first kappa shape index (κ1) is 20.4. The van der Waals surface area contributed by atoms with E-state index in [4.69, 9.17) is 20.1 Å². The smallest absolute Gasteiger partial charge is 0.393 e. The summed E-state index contributed by atoms with van der Waals surface area (Å²) in [5.74, 6) is 5.06. The molecule has 0 saturated carbocycles. The van der Waals surface area contributed by atoms with Gasteiger partial charge in [0.25, 0.3) is 5.56 Å². The quantitative estimate of drug-likeness (QED) is 0.335. The Morgan fingerprint density at radius 3 is 2.92 bits per heavy atom. The lowest BCUT2D eigenvalue weighted by atomic mass is 10.1. The lowest BCUT2D eigenvalue weighted by Gasteiger charge is -2.41. The fraction of sp³-hybridized carbons (Fsp3) is 0.571. The van der Waals surface area contributed by atoms with Crippen molar-refractivity contribution in [3.8, 4) is 11.8 Å². The predicted octanol–water partition coefficient (Wildman–Crippen LogP) is -1.82. The summed E-state index contributed by atoms with van der Waals surface area (Å²) in [6.45, 7) is 0.514. The molecule has 5 N–H and O–H groups in total. The molecule has 0 amide bonds. The zero-order valence-electron chi connectivity index (χ0n) is 13.9. The van der Waals surface area contributed by atoms with E-state index in [2.05, 4.69) is 21.3 Å². The summed E-state index contributed by atoms with van der Waals surface area (Å²) >= 11 is 0. The Bertz CT molecular complexity index is 841. The number of nitrogens with two attached hydrogens (primary N) is 1. The van der Waals surface area contributed by atoms with Crippen LogP contribution in [0.25, 0.3) is 0 Å². The van der Waals surface area contributed by atoms with Crippen LogP contribution in [0, 0.1) is 11.8 Å². The molecule has 12 heteroatoms. The largest absolute Gasteiger partial charge is 0.694 e. The lowest BCUT2D eigenvalue weighted by Crippen LogP contribution is -2.55. The molecule has 1 aromatic heterocycles. The Hall–Kier alpha value is -1.90. The van der Waals surface area contributed by atoms with Gasteiger partial charge in [0.2, 0.25) is 0 Å². The Morgan fingerprint density at radius 2 is 2.31 bits per heavy atom. The maximum Gasteiger partial charge on any atom is 0.694 e. The van der Waals surface area contributed by atoms with E-state index in [1.54, 1.807) is 6.92 Å². The Kier molecular flexibility index (Phi) is 6.80. The van der Waals surface area contributed by atoms with Crippen molar-refractivity contribution in [1.29, 1.82) is 0 Å². The van der Waals surface area contributed by atoms with Crippen molar-refractivity contribution in [3.63, 3.8) is 0 Å². The summed E-state index contributed by atoms with van der Waals surface area (Å²) < 4.78 is 27.8. The average Bonchev–Trinajstić information content (AvgIpc) is 2.61. The minimum absolute atomic E-state index is 0.000657. The SMILES string of the molecule is CC1OCC(CO)(CO[P+](=O)O)OC1n1cc(C#CCN)c(=O)[nH]c1=O. The number of hydrogen-bond donors (Lipinski definition) is 4. The molecule has 2 rings (SSSR count). The van der Waals surface area contributed by atoms with Crippen LogP contribution in [0.2, 0.25) is 0 Å². The van der Waals surface area contributed by atoms with Crippen molar-refractivity contribution in [2.75, 3.05) is 26.4 Å². The third kappa shape index (κ3) is 4.63. The lowest BCUT2D eigenvalue weighted by molar-refractivity contribution is -0.271. The number of ether oxygens (including phenoxy) is 2. The molecule has 26 heavy (non-hydrogen) atoms. The highest BCUT2D eigenvalue weighted by molar-refractivity contribution is 7.32. The Balaban J connectivity index is 2.40. The molecule has 1 fully saturated rings. The summed E-state index contributed by atoms with van der Waals surface area (Å²) in [7, 11) is -2.91. The first-order valence-corrected chi connectivity index (χ1v) is 8.68. The second-order valence-corrected chi connectivity index (χ2v) is 6.33. The zero-order chi connectivity index (χ0) is 19.3. The molecule has 142 valence electrons. The third-order valence-electron chi connectivity index (χ3n) is 3.67. The molecule has 0 radical (unpaired) electrons. The molecule has 0 aliphatic carbocycles. The predicted molar refractivity (Wildman–Crippen MR) is 88.4 cm³/mol. The van der Waals surface area contributed by atoms with Crippen LogP contribution in [0.3, 0.4) is 0 Å². The molecule has 1 aliphatic rings. The van der Waals surface area contributed by atoms with E-state index >= 15 is 0 Å². The van der Waals surface area contributed by atoms with Gasteiger partial charge in [-0.1, -0.05) is 11.8 Å². The second-order valence-electron chi connectivity index (χ2n) is 5.59. The van der Waals surface area contributed by atoms with Gasteiger partial charge in [0.05, 0.1) is 19.8 Å². The van der Waals surface area contributed by atoms with Gasteiger partial charge in [-0.25, -0.2) is 4.79 Å². The van der Waals surface area contributed by atoms with Crippen LogP contribution in [0.5, 0.6) is 0 Å². The highest BCUT2D eigenvalue weighted by Gasteiger charge is 2.44. The van der Waals surface area contributed by atoms with Gasteiger partial charge >= 0.3 is 13.9 Å². The van der Waals surface area contributed by atoms with Gasteiger partial charge in [0.1, 0.15) is 23.9 Å². The normalized spacial score (nSPS) is 26.1. The molecule has 4 unspecified atom stereocenters. The minimum atomic E-state index is -2.91. The van der Waals surface area contributed by atoms with Crippen molar-refractivity contribution < 1.29 is 28.6 Å². The summed E-state index contributed by atoms with van der Waals surface area (Å²) in [5, 5.41) is 9.65. The highest BCUT2D eigenvalue weighted by atomic mass is 31.1. The van der Waals surface area contributed by atoms with E-state index in [1.807, 2.05) is 0 Å². The number of nitrogens with zero attached hydrogens (tertiary/aromatic N) is 1. The van der Waals surface area contributed by atoms with Crippen LogP contribution >= 0.6 is 8.25 Å². The highest BCUT2D eigenvalue weighted by Crippen LogP contribution is 2.31. The fourth-order valence-corrected chi connectivity index (χ4v) is 2.67. The number of aromatic nitrogens is 2. The molecule has 2 heterocycles. The molecule has 1 aromatic rings. The Labute approximate surface area is 148 Å². The molecular weight excluding hydrogens is 369 g/mol. The van der Waals surface area contributed by atoms with Crippen LogP contribution in [-0.4, -0.2) is 57.6 Å². The van der Waals surface area contributed by atoms with Crippen LogP contribution in [0.15, 0.2) is 15.8 Å². The molecule has 0 bridgehead atoms. The van der Waals surface area contributed by atoms with Crippen molar-refractivity contribution in [3.05, 3.63) is 32.6 Å². The number of H-pyrrole nitrogens is 1. The van der Waals surface area contributed by atoms with Crippen molar-refractivity contribution >= 4 is 8.25 Å². The van der Waals surface area contributed by atoms with Crippen LogP contribution in [0.1, 0.15) is 18.7 Å². The Morgan fingerprint density at radius 1 is 1.58 bits per heavy atom. The summed E-state index contributed by atoms with van der Waals surface area (Å²) in [5.41, 5.74) is 2.39. The first-order chi connectivity index (χ1) is 12.3. The maximum atomic E-state index is 12.2. The molecule has 11 nitrogen and oxygen atoms in total. The minimum Gasteiger partial charge on any atom is -0.393 e. The number of aromatic amines is 1. The summed E-state index contributed by atoms with van der Waals surface area (Å²) in [6.07, 6.45) is -0.467. The van der Waals surface area contributed by atoms with Gasteiger partial charge in [-0.2, -0.15) is 0 Å². The van der Waals surface area contributed by atoms with Gasteiger partial charge in [0.15, 0.2) is 6.23 Å². The number of aliphatic hydroxyl groups is 1. The molecule has 0 spiro atoms. The number of hydrogen-bond acceptors (Lipinski definition) is 8. The average molecular weight is 388 g/mol. The van der Waals surface area contributed by atoms with Gasteiger partial charge in [-0.15, -0.1) is 9.42 Å². The van der Waals surface area contributed by atoms with Crippen LogP contribution in [-0.2, 0) is 18.6 Å². The molecule has 1 saturated heterocycles. The number of nitrogens with one attached hydrogen (secondary N) is 1. The summed E-state index contributed by atoms with van der Waals surface area (Å²) in [4.78, 5) is 34.9. The third-order valence-corrected chi connectivity index (χ3v) is 4.02. The maximum absolute atomic E-state index is 12.2. The fourth-order valence-electron chi connectivity index (χ4n) is 2.32. The standard InChI is InChI=1S/C14H18N3O8P/c1-9-12(25-14(6-18,7-23-9)8-24-26(21)22)17-5-10(3-2-4-15)11(19)16-13(17)20/h5,9,12,18H,4,6-8,15H2,1H3,(H-,16,19,20,21,22)/p+1. The topological polar surface area (TPSA) is 166 Å². The van der Waals surface area contributed by atoms with Gasteiger partial charge in [-0.05, 0) is 6.92 Å². The van der Waals surface area contributed by atoms with E-state index in [1.165, 1.54) is 6.20 Å². The zero-order valence-corrected chi connectivity index (χ0v) is 14.8. The van der Waals surface area contributed by atoms with E-state index in [9.17, 15) is 19.3 Å². The molecular formula is C14H19N3O8P+. The van der Waals surface area contributed by atoms with Crippen molar-refractivity contribution in [2.45, 2.75) is 24.9 Å². The number of rotatable bonds is 5. The van der Waals surface area contributed by atoms with E-state index in [-0.39, 0.29) is 18.7 Å². The van der Waals surface area contributed by atoms with E-state index in [0.29, 0.717) is 0 Å². The van der Waals surface area contributed by atoms with Crippen LogP contribution < -0.4 is 17.0 Å². The van der Waals surface area contributed by atoms with Crippen LogP contribution in [0.4, 0.5) is 0 Å². The molecule has 4 atom stereocenters. The van der Waals surface area contributed by atoms with Gasteiger partial charge in [-0.3, -0.25) is 14.3 Å². The molecule has 1 aliphatic heterocycles. The summed E-state index contributed by atoms with van der Waals surface area (Å²) in [6, 6.07) is 0. The van der Waals surface area contributed by atoms with Gasteiger partial charge < -0.3 is 20.3 Å². The van der Waals surface area contributed by atoms with E-state index < -0.39 is 50.7 Å². The first-order valence-electron chi connectivity index (χ1n) is 7.55. The van der Waals surface area contributed by atoms with Crippen molar-refractivity contribution in [2.24, 2.45) is 5.73 Å². The second kappa shape index (κ2) is 8.66. The van der Waals surface area contributed by atoms with Crippen molar-refractivity contribution in [1.82, 2.24) is 9.55 Å².